The van der Waals surface area contributed by atoms with E-state index in [0.29, 0.717) is 0 Å². The summed E-state index contributed by atoms with van der Waals surface area (Å²) in [6, 6.07) is 34.7. The molecule has 0 bridgehead atoms. The van der Waals surface area contributed by atoms with E-state index < -0.39 is 0 Å². The van der Waals surface area contributed by atoms with Crippen molar-refractivity contribution in [2.75, 3.05) is 19.0 Å². The predicted molar refractivity (Wildman–Crippen MR) is 165 cm³/mol. The van der Waals surface area contributed by atoms with E-state index in [1.807, 2.05) is 27.7 Å². The van der Waals surface area contributed by atoms with Gasteiger partial charge in [0.25, 0.3) is 0 Å². The minimum atomic E-state index is -0.273. The van der Waals surface area contributed by atoms with Crippen molar-refractivity contribution in [3.05, 3.63) is 114 Å². The number of nitrogens with two attached hydrogens (primary N) is 1. The highest BCUT2D eigenvalue weighted by atomic mass is 15.1. The Morgan fingerprint density at radius 1 is 0.541 bits per heavy atom. The maximum Gasteiger partial charge on any atom is 0.0361 e. The summed E-state index contributed by atoms with van der Waals surface area (Å²) < 4.78 is 0. The van der Waals surface area contributed by atoms with E-state index in [1.54, 1.807) is 0 Å². The first-order valence-electron chi connectivity index (χ1n) is 13.6. The van der Waals surface area contributed by atoms with Crippen molar-refractivity contribution in [2.45, 2.75) is 59.9 Å². The van der Waals surface area contributed by atoms with Gasteiger partial charge in [-0.3, -0.25) is 0 Å². The molecule has 0 aliphatic heterocycles. The number of anilines is 1. The van der Waals surface area contributed by atoms with Gasteiger partial charge in [0.1, 0.15) is 0 Å². The van der Waals surface area contributed by atoms with Crippen molar-refractivity contribution in [1.29, 1.82) is 0 Å². The molecule has 4 rings (SSSR count). The zero-order valence-electron chi connectivity index (χ0n) is 24.2. The monoisotopic (exact) mass is 494 g/mol. The Morgan fingerprint density at radius 3 is 1.11 bits per heavy atom. The third kappa shape index (κ3) is 8.91. The summed E-state index contributed by atoms with van der Waals surface area (Å²) in [5.74, 6) is 0. The number of hydrogen-bond donors (Lipinski definition) is 1. The van der Waals surface area contributed by atoms with Gasteiger partial charge >= 0.3 is 0 Å². The van der Waals surface area contributed by atoms with Crippen molar-refractivity contribution in [1.82, 2.24) is 0 Å². The highest BCUT2D eigenvalue weighted by molar-refractivity contribution is 5.66. The fourth-order valence-electron chi connectivity index (χ4n) is 3.91. The van der Waals surface area contributed by atoms with Crippen molar-refractivity contribution in [3.8, 4) is 22.3 Å². The highest BCUT2D eigenvalue weighted by Gasteiger charge is 2.13. The van der Waals surface area contributed by atoms with Crippen LogP contribution in [0.5, 0.6) is 0 Å². The summed E-state index contributed by atoms with van der Waals surface area (Å²) >= 11 is 0. The van der Waals surface area contributed by atoms with Crippen LogP contribution in [-0.4, -0.2) is 14.1 Å². The molecule has 2 N–H and O–H groups in total. The molecule has 2 heteroatoms. The fraction of sp³-hybridized carbons (Fsp3) is 0.314. The molecule has 2 nitrogen and oxygen atoms in total. The number of nitrogens with zero attached hydrogens (tertiary/aromatic N) is 1. The summed E-state index contributed by atoms with van der Waals surface area (Å²) in [7, 11) is 4.12. The molecule has 0 aliphatic carbocycles. The molecule has 196 valence electrons. The van der Waals surface area contributed by atoms with Gasteiger partial charge in [-0.15, -0.1) is 0 Å². The highest BCUT2D eigenvalue weighted by Crippen LogP contribution is 2.24. The van der Waals surface area contributed by atoms with Gasteiger partial charge < -0.3 is 10.6 Å². The fourth-order valence-corrected chi connectivity index (χ4v) is 3.91. The van der Waals surface area contributed by atoms with Crippen LogP contribution in [0.1, 0.15) is 58.2 Å². The van der Waals surface area contributed by atoms with E-state index >= 15 is 0 Å². The lowest BCUT2D eigenvalue weighted by Gasteiger charge is -2.19. The van der Waals surface area contributed by atoms with Crippen LogP contribution >= 0.6 is 0 Å². The summed E-state index contributed by atoms with van der Waals surface area (Å²) in [5, 5.41) is 0. The number of benzene rings is 4. The second kappa shape index (κ2) is 14.4. The maximum absolute atomic E-state index is 6.08. The van der Waals surface area contributed by atoms with Crippen LogP contribution in [0.3, 0.4) is 0 Å². The third-order valence-corrected chi connectivity index (χ3v) is 6.40. The molecule has 0 heterocycles. The quantitative estimate of drug-likeness (QED) is 0.289. The Bertz CT molecular complexity index is 1160. The van der Waals surface area contributed by atoms with Crippen LogP contribution < -0.4 is 10.6 Å². The molecule has 4 aromatic carbocycles. The molecule has 0 saturated heterocycles. The normalized spacial score (nSPS) is 10.5. The Morgan fingerprint density at radius 2 is 0.838 bits per heavy atom. The summed E-state index contributed by atoms with van der Waals surface area (Å²) in [6.45, 7) is 12.4. The molecule has 37 heavy (non-hydrogen) atoms. The van der Waals surface area contributed by atoms with Crippen molar-refractivity contribution >= 4 is 5.69 Å². The molecule has 0 aromatic heterocycles. The minimum Gasteiger partial charge on any atom is -0.378 e. The maximum atomic E-state index is 6.08. The first-order valence-corrected chi connectivity index (χ1v) is 13.6. The Labute approximate surface area is 226 Å². The lowest BCUT2D eigenvalue weighted by atomic mass is 9.93. The number of aryl methyl sites for hydroxylation is 2. The summed E-state index contributed by atoms with van der Waals surface area (Å²) in [4.78, 5) is 2.12. The summed E-state index contributed by atoms with van der Waals surface area (Å²) in [6.07, 6.45) is 2.18. The Hall–Kier alpha value is -3.36. The predicted octanol–water partition coefficient (Wildman–Crippen LogP) is 9.12. The molecular weight excluding hydrogens is 448 g/mol. The van der Waals surface area contributed by atoms with Crippen molar-refractivity contribution < 1.29 is 0 Å². The second-order valence-electron chi connectivity index (χ2n) is 9.84. The second-order valence-corrected chi connectivity index (χ2v) is 9.84. The minimum absolute atomic E-state index is 0.273. The van der Waals surface area contributed by atoms with E-state index in [1.165, 1.54) is 39.1 Å². The van der Waals surface area contributed by atoms with Crippen LogP contribution in [0.4, 0.5) is 5.69 Å². The van der Waals surface area contributed by atoms with Gasteiger partial charge in [0.2, 0.25) is 0 Å². The standard InChI is InChI=1S/C17H21N.C16H19N.C2H6/c1-4-13-5-7-14(8-6-13)15-9-11-16(12-10-15)17(2,3)18;1-4-13-5-7-14(8-6-13)15-9-11-16(12-10-15)17(2)3;1-2/h5-12H,4,18H2,1-3H3;5-12H,4H2,1-3H3;1-2H3. The molecule has 0 radical (unpaired) electrons. The Balaban J connectivity index is 0.000000244. The van der Waals surface area contributed by atoms with Crippen molar-refractivity contribution in [3.63, 3.8) is 0 Å². The first kappa shape index (κ1) is 29.9. The van der Waals surface area contributed by atoms with Gasteiger partial charge in [-0.2, -0.15) is 0 Å². The first-order chi connectivity index (χ1) is 17.7. The van der Waals surface area contributed by atoms with E-state index in [2.05, 4.69) is 130 Å². The zero-order chi connectivity index (χ0) is 27.4. The number of rotatable bonds is 6. The van der Waals surface area contributed by atoms with Gasteiger partial charge in [0.15, 0.2) is 0 Å². The van der Waals surface area contributed by atoms with E-state index in [4.69, 9.17) is 5.73 Å². The summed E-state index contributed by atoms with van der Waals surface area (Å²) in [5.41, 5.74) is 16.0. The molecule has 4 aromatic rings. The van der Waals surface area contributed by atoms with Crippen LogP contribution in [0.15, 0.2) is 97.1 Å². The number of hydrogen-bond acceptors (Lipinski definition) is 2. The molecule has 0 atom stereocenters. The molecule has 0 amide bonds. The molecule has 0 fully saturated rings. The van der Waals surface area contributed by atoms with Crippen LogP contribution in [-0.2, 0) is 18.4 Å². The van der Waals surface area contributed by atoms with Crippen LogP contribution in [0.25, 0.3) is 22.3 Å². The topological polar surface area (TPSA) is 29.3 Å². The largest absolute Gasteiger partial charge is 0.378 e. The average Bonchev–Trinajstić information content (AvgIpc) is 2.94. The van der Waals surface area contributed by atoms with E-state index in [0.717, 1.165) is 18.4 Å². The third-order valence-electron chi connectivity index (χ3n) is 6.40. The lowest BCUT2D eigenvalue weighted by molar-refractivity contribution is 0.554. The zero-order valence-corrected chi connectivity index (χ0v) is 24.2. The van der Waals surface area contributed by atoms with E-state index in [9.17, 15) is 0 Å². The molecule has 0 aliphatic rings. The SMILES string of the molecule is CC.CCc1ccc(-c2ccc(C(C)(C)N)cc2)cc1.CCc1ccc(-c2ccc(N(C)C)cc2)cc1. The molecule has 0 spiro atoms. The van der Waals surface area contributed by atoms with Gasteiger partial charge in [-0.25, -0.2) is 0 Å². The smallest absolute Gasteiger partial charge is 0.0361 e. The van der Waals surface area contributed by atoms with Gasteiger partial charge in [0.05, 0.1) is 0 Å². The van der Waals surface area contributed by atoms with Crippen LogP contribution in [0.2, 0.25) is 0 Å². The van der Waals surface area contributed by atoms with Crippen LogP contribution in [0, 0.1) is 0 Å². The molecular formula is C35H46N2. The lowest BCUT2D eigenvalue weighted by Crippen LogP contribution is -2.28. The van der Waals surface area contributed by atoms with Crippen molar-refractivity contribution in [2.24, 2.45) is 5.73 Å². The average molecular weight is 495 g/mol. The molecule has 0 unspecified atom stereocenters. The van der Waals surface area contributed by atoms with Gasteiger partial charge in [-0.05, 0) is 77.8 Å². The van der Waals surface area contributed by atoms with E-state index in [-0.39, 0.29) is 5.54 Å². The molecule has 0 saturated carbocycles. The van der Waals surface area contributed by atoms with Gasteiger partial charge in [-0.1, -0.05) is 113 Å². The van der Waals surface area contributed by atoms with Gasteiger partial charge in [0, 0.05) is 25.3 Å². The Kier molecular flexibility index (Phi) is 11.6.